The number of rotatable bonds is 8. The molecule has 1 aromatic heterocycles. The fourth-order valence-corrected chi connectivity index (χ4v) is 4.12. The minimum atomic E-state index is -0.659. The summed E-state index contributed by atoms with van der Waals surface area (Å²) in [5.41, 5.74) is 2.13. The molecule has 0 aliphatic carbocycles. The van der Waals surface area contributed by atoms with Crippen LogP contribution in [-0.4, -0.2) is 54.7 Å². The van der Waals surface area contributed by atoms with Crippen LogP contribution in [0, 0.1) is 0 Å². The number of carbonyl (C=O) groups is 1. The molecule has 0 saturated carbocycles. The molecule has 5 nitrogen and oxygen atoms in total. The molecule has 6 heteroatoms. The molecule has 0 atom stereocenters. The molecule has 4 rings (SSSR count). The number of benzene rings is 2. The van der Waals surface area contributed by atoms with Crippen molar-refractivity contribution in [2.75, 3.05) is 32.8 Å². The number of aromatic nitrogens is 1. The van der Waals surface area contributed by atoms with Crippen molar-refractivity contribution in [3.05, 3.63) is 60.3 Å². The van der Waals surface area contributed by atoms with E-state index in [-0.39, 0.29) is 5.91 Å². The number of hydrogen-bond donors (Lipinski definition) is 1. The van der Waals surface area contributed by atoms with Crippen molar-refractivity contribution >= 4 is 16.7 Å². The van der Waals surface area contributed by atoms with Crippen molar-refractivity contribution in [2.45, 2.75) is 32.4 Å². The van der Waals surface area contributed by atoms with Crippen molar-refractivity contribution in [3.63, 3.8) is 0 Å². The highest BCUT2D eigenvalue weighted by atomic mass is 19.1. The van der Waals surface area contributed by atoms with Gasteiger partial charge in [-0.05, 0) is 68.4 Å². The van der Waals surface area contributed by atoms with E-state index < -0.39 is 6.17 Å². The zero-order chi connectivity index (χ0) is 22.3. The molecule has 32 heavy (non-hydrogen) atoms. The van der Waals surface area contributed by atoms with Crippen molar-refractivity contribution in [1.29, 1.82) is 0 Å². The summed E-state index contributed by atoms with van der Waals surface area (Å²) >= 11 is 0. The summed E-state index contributed by atoms with van der Waals surface area (Å²) in [6, 6.07) is 17.6. The first-order valence-corrected chi connectivity index (χ1v) is 11.4. The lowest BCUT2D eigenvalue weighted by Crippen LogP contribution is -2.36. The van der Waals surface area contributed by atoms with Gasteiger partial charge in [0.2, 0.25) is 0 Å². The third-order valence-electron chi connectivity index (χ3n) is 5.87. The molecule has 0 unspecified atom stereocenters. The fraction of sp³-hybridized carbons (Fsp3) is 0.385. The number of fused-ring (bicyclic) bond motifs is 1. The minimum Gasteiger partial charge on any atom is -0.494 e. The molecule has 0 spiro atoms. The summed E-state index contributed by atoms with van der Waals surface area (Å²) < 4.78 is 18.8. The number of carbonyl (C=O) groups excluding carboxylic acids is 1. The number of piperidine rings is 1. The highest BCUT2D eigenvalue weighted by molar-refractivity contribution is 6.06. The van der Waals surface area contributed by atoms with Gasteiger partial charge in [-0.15, -0.1) is 0 Å². The van der Waals surface area contributed by atoms with E-state index in [0.29, 0.717) is 31.7 Å². The Labute approximate surface area is 188 Å². The second-order valence-electron chi connectivity index (χ2n) is 8.16. The number of likely N-dealkylation sites (tertiary alicyclic amines) is 1. The van der Waals surface area contributed by atoms with E-state index in [1.54, 1.807) is 0 Å². The number of alkyl halides is 1. The maximum Gasteiger partial charge on any atom is 0.270 e. The van der Waals surface area contributed by atoms with Gasteiger partial charge in [0, 0.05) is 30.6 Å². The molecular formula is C26H30FN3O2. The van der Waals surface area contributed by atoms with E-state index >= 15 is 0 Å². The summed E-state index contributed by atoms with van der Waals surface area (Å²) in [5, 5.41) is 4.84. The van der Waals surface area contributed by atoms with Crippen molar-refractivity contribution in [2.24, 2.45) is 0 Å². The molecule has 1 saturated heterocycles. The van der Waals surface area contributed by atoms with E-state index in [1.165, 1.54) is 0 Å². The zero-order valence-electron chi connectivity index (χ0n) is 18.5. The van der Waals surface area contributed by atoms with Crippen LogP contribution in [0.25, 0.3) is 22.0 Å². The fourth-order valence-electron chi connectivity index (χ4n) is 4.12. The molecule has 2 aromatic carbocycles. The topological polar surface area (TPSA) is 54.5 Å². The molecule has 0 radical (unpaired) electrons. The van der Waals surface area contributed by atoms with E-state index in [2.05, 4.69) is 10.2 Å². The van der Waals surface area contributed by atoms with Gasteiger partial charge < -0.3 is 15.0 Å². The first kappa shape index (κ1) is 22.2. The first-order chi connectivity index (χ1) is 15.6. The molecule has 1 aliphatic heterocycles. The largest absolute Gasteiger partial charge is 0.494 e. The van der Waals surface area contributed by atoms with Gasteiger partial charge >= 0.3 is 0 Å². The van der Waals surface area contributed by atoms with Gasteiger partial charge in [-0.25, -0.2) is 9.37 Å². The Morgan fingerprint density at radius 1 is 1.16 bits per heavy atom. The second kappa shape index (κ2) is 10.6. The lowest BCUT2D eigenvalue weighted by atomic mass is 10.0. The number of pyridine rings is 1. The number of ether oxygens (including phenoxy) is 1. The summed E-state index contributed by atoms with van der Waals surface area (Å²) in [7, 11) is 0. The van der Waals surface area contributed by atoms with Gasteiger partial charge in [0.15, 0.2) is 0 Å². The van der Waals surface area contributed by atoms with Crippen LogP contribution >= 0.6 is 0 Å². The Bertz CT molecular complexity index is 1050. The Kier molecular flexibility index (Phi) is 7.32. The average Bonchev–Trinajstić information content (AvgIpc) is 2.83. The Hall–Kier alpha value is -2.99. The molecule has 0 bridgehead atoms. The van der Waals surface area contributed by atoms with Crippen LogP contribution in [0.2, 0.25) is 0 Å². The summed E-state index contributed by atoms with van der Waals surface area (Å²) in [4.78, 5) is 20.0. The monoisotopic (exact) mass is 435 g/mol. The lowest BCUT2D eigenvalue weighted by Gasteiger charge is -2.28. The Balaban J connectivity index is 1.46. The number of amides is 1. The standard InChI is InChI=1S/C26H30FN3O2/c1-2-32-22-10-8-19(9-11-22)24-18-20-6-3-4-7-23(20)25(29-24)26(31)28-14-5-15-30-16-12-21(27)13-17-30/h3-4,6-11,18,21H,2,5,12-17H2,1H3,(H,28,31). The van der Waals surface area contributed by atoms with Gasteiger partial charge in [0.25, 0.3) is 5.91 Å². The maximum atomic E-state index is 13.3. The summed E-state index contributed by atoms with van der Waals surface area (Å²) in [5.74, 6) is 0.641. The van der Waals surface area contributed by atoms with Crippen LogP contribution in [0.15, 0.2) is 54.6 Å². The van der Waals surface area contributed by atoms with Gasteiger partial charge in [-0.2, -0.15) is 0 Å². The van der Waals surface area contributed by atoms with Gasteiger partial charge in [-0.1, -0.05) is 24.3 Å². The van der Waals surface area contributed by atoms with Gasteiger partial charge in [-0.3, -0.25) is 4.79 Å². The van der Waals surface area contributed by atoms with Crippen LogP contribution < -0.4 is 10.1 Å². The number of hydrogen-bond acceptors (Lipinski definition) is 4. The average molecular weight is 436 g/mol. The number of halogens is 1. The molecule has 1 fully saturated rings. The van der Waals surface area contributed by atoms with Crippen LogP contribution in [0.1, 0.15) is 36.7 Å². The normalized spacial score (nSPS) is 15.1. The van der Waals surface area contributed by atoms with E-state index in [4.69, 9.17) is 9.72 Å². The molecule has 168 valence electrons. The summed E-state index contributed by atoms with van der Waals surface area (Å²) in [6.45, 7) is 5.60. The molecule has 2 heterocycles. The van der Waals surface area contributed by atoms with Crippen LogP contribution in [-0.2, 0) is 0 Å². The van der Waals surface area contributed by atoms with E-state index in [1.807, 2.05) is 61.5 Å². The quantitative estimate of drug-likeness (QED) is 0.514. The molecule has 3 aromatic rings. The first-order valence-electron chi connectivity index (χ1n) is 11.4. The van der Waals surface area contributed by atoms with Crippen molar-refractivity contribution < 1.29 is 13.9 Å². The number of nitrogens with one attached hydrogen (secondary N) is 1. The van der Waals surface area contributed by atoms with Crippen LogP contribution in [0.4, 0.5) is 4.39 Å². The third kappa shape index (κ3) is 5.43. The lowest BCUT2D eigenvalue weighted by molar-refractivity contribution is 0.0946. The zero-order valence-corrected chi connectivity index (χ0v) is 18.5. The predicted molar refractivity (Wildman–Crippen MR) is 126 cm³/mol. The second-order valence-corrected chi connectivity index (χ2v) is 8.16. The molecule has 1 amide bonds. The Morgan fingerprint density at radius 2 is 1.91 bits per heavy atom. The number of nitrogens with zero attached hydrogens (tertiary/aromatic N) is 2. The predicted octanol–water partition coefficient (Wildman–Crippen LogP) is 4.85. The SMILES string of the molecule is CCOc1ccc(-c2cc3ccccc3c(C(=O)NCCCN3CCC(F)CC3)n2)cc1. The van der Waals surface area contributed by atoms with Gasteiger partial charge in [0.05, 0.1) is 12.3 Å². The van der Waals surface area contributed by atoms with Crippen molar-refractivity contribution in [1.82, 2.24) is 15.2 Å². The highest BCUT2D eigenvalue weighted by Crippen LogP contribution is 2.26. The van der Waals surface area contributed by atoms with E-state index in [9.17, 15) is 9.18 Å². The molecule has 1 N–H and O–H groups in total. The minimum absolute atomic E-state index is 0.170. The Morgan fingerprint density at radius 3 is 2.66 bits per heavy atom. The smallest absolute Gasteiger partial charge is 0.270 e. The molecule has 1 aliphatic rings. The highest BCUT2D eigenvalue weighted by Gasteiger charge is 2.18. The van der Waals surface area contributed by atoms with E-state index in [0.717, 1.165) is 53.8 Å². The van der Waals surface area contributed by atoms with Crippen LogP contribution in [0.5, 0.6) is 5.75 Å². The summed E-state index contributed by atoms with van der Waals surface area (Å²) in [6.07, 6.45) is 1.40. The maximum absolute atomic E-state index is 13.3. The molecular weight excluding hydrogens is 405 g/mol. The van der Waals surface area contributed by atoms with Gasteiger partial charge in [0.1, 0.15) is 17.6 Å². The third-order valence-corrected chi connectivity index (χ3v) is 5.87. The van der Waals surface area contributed by atoms with Crippen LogP contribution in [0.3, 0.4) is 0 Å². The van der Waals surface area contributed by atoms with Crippen molar-refractivity contribution in [3.8, 4) is 17.0 Å².